The summed E-state index contributed by atoms with van der Waals surface area (Å²) in [5.41, 5.74) is 5.24. The van der Waals surface area contributed by atoms with Crippen LogP contribution in [0.3, 0.4) is 0 Å². The van der Waals surface area contributed by atoms with E-state index in [1.54, 1.807) is 2.93 Å². The fraction of sp³-hybridized carbons (Fsp3) is 0. The molecule has 0 spiro atoms. The Morgan fingerprint density at radius 3 is 2.88 bits per heavy atom. The number of hydrogen-bond acceptors (Lipinski definition) is 3. The quantitative estimate of drug-likeness (QED) is 0.540. The zero-order valence-electron chi connectivity index (χ0n) is 4.20. The number of aliphatic imine (C=N–C) groups is 1. The van der Waals surface area contributed by atoms with Crippen molar-refractivity contribution < 1.29 is 33.8 Å². The van der Waals surface area contributed by atoms with Crippen LogP contribution in [-0.4, -0.2) is 13.9 Å². The second kappa shape index (κ2) is 2.51. The molecule has 0 aromatic carbocycles. The van der Waals surface area contributed by atoms with Crippen molar-refractivity contribution in [1.82, 2.24) is 0 Å². The predicted molar refractivity (Wildman–Crippen MR) is 28.4 cm³/mol. The molecule has 8 heavy (non-hydrogen) atoms. The van der Waals surface area contributed by atoms with Crippen LogP contribution in [0.1, 0.15) is 0 Å². The van der Waals surface area contributed by atoms with Crippen molar-refractivity contribution in [2.45, 2.75) is 0 Å². The van der Waals surface area contributed by atoms with Gasteiger partial charge in [-0.05, 0) is 0 Å². The van der Waals surface area contributed by atoms with Gasteiger partial charge in [0.2, 0.25) is 0 Å². The zero-order chi connectivity index (χ0) is 5.98. The minimum absolute atomic E-state index is 0.417. The van der Waals surface area contributed by atoms with Crippen LogP contribution < -0.4 is 5.73 Å². The van der Waals surface area contributed by atoms with E-state index in [4.69, 9.17) is 10.8 Å². The Morgan fingerprint density at radius 2 is 2.50 bits per heavy atom. The van der Waals surface area contributed by atoms with Gasteiger partial charge in [0, 0.05) is 0 Å². The average Bonchev–Trinajstić information content (AvgIpc) is 1.64. The standard InChI is InChI=1S/C4H5N2O.Y/c1-6-4(5)2-3-7;/h1-2,7H,5H2;. The average molecular weight is 186 g/mol. The van der Waals surface area contributed by atoms with Crippen LogP contribution in [0.25, 0.3) is 0 Å². The monoisotopic (exact) mass is 186 g/mol. The number of hydrogen-bond donors (Lipinski definition) is 2. The van der Waals surface area contributed by atoms with Crippen molar-refractivity contribution in [3.63, 3.8) is 0 Å². The van der Waals surface area contributed by atoms with Crippen molar-refractivity contribution in [1.29, 1.82) is 0 Å². The fourth-order valence-electron chi connectivity index (χ4n) is 0.437. The zero-order valence-corrected chi connectivity index (χ0v) is 7.04. The third kappa shape index (κ3) is 1.49. The maximum absolute atomic E-state index is 8.83. The van der Waals surface area contributed by atoms with E-state index in [9.17, 15) is 0 Å². The molecule has 0 fully saturated rings. The third-order valence-corrected chi connectivity index (χ3v) is 2.75. The second-order valence-electron chi connectivity index (χ2n) is 1.44. The summed E-state index contributed by atoms with van der Waals surface area (Å²) in [5, 5.41) is 8.83. The molecule has 0 aromatic heterocycles. The summed E-state index contributed by atoms with van der Waals surface area (Å²) in [6.07, 6.45) is 1.53. The Bertz CT molecular complexity index is 180. The van der Waals surface area contributed by atoms with Crippen LogP contribution in [0.4, 0.5) is 0 Å². The van der Waals surface area contributed by atoms with Gasteiger partial charge in [-0.2, -0.15) is 0 Å². The fourth-order valence-corrected chi connectivity index (χ4v) is 2.07. The maximum atomic E-state index is 8.83. The molecule has 0 unspecified atom stereocenters. The normalized spacial score (nSPS) is 16.5. The molecule has 3 nitrogen and oxygen atoms in total. The molecule has 1 aliphatic rings. The Labute approximate surface area is 61.7 Å². The molecular formula is C4H5N2OY. The van der Waals surface area contributed by atoms with E-state index in [2.05, 4.69) is 4.99 Å². The molecule has 1 rings (SSSR count). The molecule has 0 amide bonds. The first-order valence-electron chi connectivity index (χ1n) is 2.19. The van der Waals surface area contributed by atoms with E-state index < -0.39 is 28.7 Å². The Morgan fingerprint density at radius 1 is 1.75 bits per heavy atom. The van der Waals surface area contributed by atoms with Crippen LogP contribution in [0.15, 0.2) is 13.6 Å². The van der Waals surface area contributed by atoms with E-state index in [0.29, 0.717) is 8.41 Å². The van der Waals surface area contributed by atoms with Crippen LogP contribution >= 0.6 is 0 Å². The van der Waals surface area contributed by atoms with E-state index in [1.165, 1.54) is 6.08 Å². The molecule has 40 valence electrons. The summed E-state index contributed by atoms with van der Waals surface area (Å²) in [6.45, 7) is 0. The van der Waals surface area contributed by atoms with Gasteiger partial charge in [-0.25, -0.2) is 0 Å². The van der Waals surface area contributed by atoms with E-state index in [-0.39, 0.29) is 0 Å². The molecule has 0 aliphatic carbocycles. The van der Waals surface area contributed by atoms with Crippen molar-refractivity contribution in [3.05, 3.63) is 8.65 Å². The van der Waals surface area contributed by atoms with Gasteiger partial charge in [0.05, 0.1) is 0 Å². The summed E-state index contributed by atoms with van der Waals surface area (Å²) >= 11 is -0.971. The molecule has 1 aliphatic heterocycles. The first kappa shape index (κ1) is 6.11. The van der Waals surface area contributed by atoms with Crippen LogP contribution in [0.5, 0.6) is 0 Å². The summed E-state index contributed by atoms with van der Waals surface area (Å²) in [5.74, 6) is 0.417. The Kier molecular flexibility index (Phi) is 1.92. The molecule has 0 atom stereocenters. The van der Waals surface area contributed by atoms with Gasteiger partial charge in [0.15, 0.2) is 0 Å². The number of aliphatic hydroxyl groups is 1. The van der Waals surface area contributed by atoms with Crippen molar-refractivity contribution in [2.75, 3.05) is 0 Å². The first-order valence-corrected chi connectivity index (χ1v) is 5.25. The number of aliphatic hydroxyl groups excluding tert-OH is 1. The van der Waals surface area contributed by atoms with Gasteiger partial charge in [-0.1, -0.05) is 0 Å². The van der Waals surface area contributed by atoms with E-state index in [0.717, 1.165) is 0 Å². The van der Waals surface area contributed by atoms with Crippen molar-refractivity contribution >= 4 is 8.76 Å². The Hall–Kier alpha value is -0.0161. The van der Waals surface area contributed by atoms with Crippen LogP contribution in [0, 0.1) is 0 Å². The van der Waals surface area contributed by atoms with Crippen LogP contribution in [-0.2, 0) is 28.7 Å². The second-order valence-corrected chi connectivity index (χ2v) is 4.45. The molecule has 4 heteroatoms. The van der Waals surface area contributed by atoms with Gasteiger partial charge in [0.25, 0.3) is 0 Å². The Balaban J connectivity index is 2.89. The molecule has 0 aromatic rings. The molecule has 1 heterocycles. The van der Waals surface area contributed by atoms with E-state index >= 15 is 0 Å². The molecule has 0 saturated carbocycles. The molecule has 0 saturated heterocycles. The molecular weight excluding hydrogens is 181 g/mol. The SMILES string of the molecule is NC1=N[CH]=[Y][C](O)=C1. The van der Waals surface area contributed by atoms with Crippen molar-refractivity contribution in [3.8, 4) is 0 Å². The molecule has 3 N–H and O–H groups in total. The van der Waals surface area contributed by atoms with E-state index in [1.807, 2.05) is 0 Å². The summed E-state index contributed by atoms with van der Waals surface area (Å²) in [7, 11) is 0. The van der Waals surface area contributed by atoms with Gasteiger partial charge in [-0.3, -0.25) is 0 Å². The van der Waals surface area contributed by atoms with Gasteiger partial charge in [0.1, 0.15) is 0 Å². The number of amidine groups is 1. The summed E-state index contributed by atoms with van der Waals surface area (Å²) in [4.78, 5) is 3.80. The molecule has 0 radical (unpaired) electrons. The first-order chi connectivity index (χ1) is 3.79. The molecule has 0 bridgehead atoms. The van der Waals surface area contributed by atoms with Crippen molar-refractivity contribution in [2.24, 2.45) is 10.7 Å². The predicted octanol–water partition coefficient (Wildman–Crippen LogP) is -0.401. The third-order valence-electron chi connectivity index (χ3n) is 0.765. The topological polar surface area (TPSA) is 58.6 Å². The van der Waals surface area contributed by atoms with Gasteiger partial charge < -0.3 is 0 Å². The van der Waals surface area contributed by atoms with Gasteiger partial charge in [-0.15, -0.1) is 0 Å². The number of rotatable bonds is 0. The minimum atomic E-state index is -0.971. The summed E-state index contributed by atoms with van der Waals surface area (Å²) < 4.78 is 2.23. The summed E-state index contributed by atoms with van der Waals surface area (Å²) in [6, 6.07) is 0. The van der Waals surface area contributed by atoms with Gasteiger partial charge >= 0.3 is 61.9 Å². The number of nitrogens with zero attached hydrogens (tertiary/aromatic N) is 1. The van der Waals surface area contributed by atoms with Crippen LogP contribution in [0.2, 0.25) is 0 Å². The number of nitrogens with two attached hydrogens (primary N) is 1.